The van der Waals surface area contributed by atoms with Crippen LogP contribution in [0.4, 0.5) is 0 Å². The fourth-order valence-corrected chi connectivity index (χ4v) is 18.0. The Morgan fingerprint density at radius 1 is 0.504 bits per heavy atom. The maximum atomic E-state index is 14.3. The number of aromatic nitrogens is 6. The van der Waals surface area contributed by atoms with Crippen molar-refractivity contribution in [2.45, 2.75) is 336 Å². The Hall–Kier alpha value is -6.11. The molecule has 4 aliphatic carbocycles. The number of hydrogen-bond acceptors (Lipinski definition) is 33. The fraction of sp³-hybridized carbons (Fsp3) is 0.863. The summed E-state index contributed by atoms with van der Waals surface area (Å²) in [5.41, 5.74) is 0.0227. The van der Waals surface area contributed by atoms with Gasteiger partial charge in [-0.25, -0.2) is 19.0 Å². The zero-order valence-corrected chi connectivity index (χ0v) is 69.9. The Labute approximate surface area is 702 Å². The van der Waals surface area contributed by atoms with Crippen molar-refractivity contribution in [2.24, 2.45) is 41.4 Å². The molecule has 41 nitrogen and oxygen atoms in total. The van der Waals surface area contributed by atoms with Crippen LogP contribution in [0.1, 0.15) is 191 Å². The van der Waals surface area contributed by atoms with Gasteiger partial charge in [-0.15, -0.1) is 10.2 Å². The molecule has 686 valence electrons. The summed E-state index contributed by atoms with van der Waals surface area (Å²) in [6.45, 7) is 9.48. The maximum absolute atomic E-state index is 14.3. The van der Waals surface area contributed by atoms with Gasteiger partial charge < -0.3 is 139 Å². The van der Waals surface area contributed by atoms with E-state index in [4.69, 9.17) is 56.8 Å². The molecule has 10 rings (SSSR count). The van der Waals surface area contributed by atoms with E-state index in [1.54, 1.807) is 6.92 Å². The molecule has 0 aromatic carbocycles. The summed E-state index contributed by atoms with van der Waals surface area (Å²) in [5.74, 6) is -7.76. The van der Waals surface area contributed by atoms with Crippen LogP contribution in [0, 0.1) is 41.4 Å². The minimum atomic E-state index is -1.72. The summed E-state index contributed by atoms with van der Waals surface area (Å²) in [4.78, 5) is 93.2. The van der Waals surface area contributed by atoms with Gasteiger partial charge in [-0.3, -0.25) is 24.0 Å². The summed E-state index contributed by atoms with van der Waals surface area (Å²) in [5, 5.41) is 157. The molecule has 30 atom stereocenters. The molecule has 121 heavy (non-hydrogen) atoms. The molecule has 41 heteroatoms. The Morgan fingerprint density at radius 2 is 0.950 bits per heavy atom. The second-order valence-electron chi connectivity index (χ2n) is 33.8. The standard InChI is InChI=1S/C80H130N10O31/c1-7-46-32-48(34-53(69(46)120-79-66(101)64(99)60(95)41(4)112-79)117-78-59(84-43(6)93)71(63(98)58(39-92)119-78)115-56(76(108)109)31-45-18-13-10-14-19-45)52(94)20-15-21-81-73(104)50-36-89(87-85-50)24-26-110-28-29-111-27-25-90-37-51(86-88-90)74(105)83-23-22-82-72(103)49-33-47(8-2)70(121-80-67(102)65(100)61(96)42(5)113-80)54(35-49)116-77-40(3)68(62(97)57(38-91)118-77)114-55(75(106)107)30-44-16-11-9-12-17-44/h36-37,40-42,44-49,53-71,77-80,91-92,95-102H,7-35,38-39H2,1-6H3,(H,81,104)(H,82,103)(H,83,105)(H,84,93)(H,106,107)(H,108,109)/t40-,41+,42+,46+,47+,48-,49-,53-,54-,55+,56+,57-,58-,59-,60-,61-,62+,63+,64-,65-,66+,67+,68-,69-,70-,71-,77?,78-,79+,80?/m1/s1. The lowest BCUT2D eigenvalue weighted by atomic mass is 9.74. The van der Waals surface area contributed by atoms with Gasteiger partial charge >= 0.3 is 11.9 Å². The summed E-state index contributed by atoms with van der Waals surface area (Å²) >= 11 is 0. The third-order valence-electron chi connectivity index (χ3n) is 25.1. The van der Waals surface area contributed by atoms with Crippen LogP contribution in [-0.4, -0.2) is 345 Å². The first-order valence-corrected chi connectivity index (χ1v) is 43.3. The topological polar surface area (TPSA) is 583 Å². The molecule has 2 aromatic heterocycles. The number of aliphatic hydroxyl groups is 10. The van der Waals surface area contributed by atoms with Gasteiger partial charge in [0.05, 0.1) is 108 Å². The summed E-state index contributed by atoms with van der Waals surface area (Å²) in [7, 11) is 0. The molecule has 8 fully saturated rings. The van der Waals surface area contributed by atoms with Gasteiger partial charge in [-0.2, -0.15) is 0 Å². The molecule has 2 unspecified atom stereocenters. The molecule has 4 saturated carbocycles. The van der Waals surface area contributed by atoms with E-state index >= 15 is 0 Å². The van der Waals surface area contributed by atoms with Crippen LogP contribution in [0.2, 0.25) is 0 Å². The lowest BCUT2D eigenvalue weighted by Gasteiger charge is -2.49. The Balaban J connectivity index is 0.643. The zero-order chi connectivity index (χ0) is 87.3. The molecule has 0 spiro atoms. The minimum Gasteiger partial charge on any atom is -0.479 e. The SMILES string of the molecule is CC[C@H]1C[C@@H](C(=O)NCCNC(=O)c2cn(CCOCCOCCn3cc(C(=O)NCCCC(=O)[C@@H]4C[C@H](CC)[C@@H](O[C@@H]5O[C@@H](C)[C@@H](O)[C@@H](O)[C@@H]5O)[C@H](O[C@@H]5O[C@H](CO)[C@H](O)[C@H](O[C@@H](CC6CCCCC6)C(=O)O)[C@H]5NC(C)=O)C4)nn3)nn2)C[C@@H](OC2O[C@H](CO)[C@H](O)[C@H](O[C@@H](CC3CCCCC3)C(=O)O)[C@H]2C)[C@@H]1OC1O[C@@H](C)[C@@H](O)[C@@H](O)[C@@H]1O. The van der Waals surface area contributed by atoms with Gasteiger partial charge in [0.1, 0.15) is 79.0 Å². The smallest absolute Gasteiger partial charge is 0.332 e. The van der Waals surface area contributed by atoms with Crippen LogP contribution in [0.25, 0.3) is 0 Å². The molecule has 6 heterocycles. The van der Waals surface area contributed by atoms with Crippen LogP contribution in [0.5, 0.6) is 0 Å². The highest BCUT2D eigenvalue weighted by Crippen LogP contribution is 2.44. The number of nitrogens with one attached hydrogen (secondary N) is 4. The Bertz CT molecular complexity index is 3560. The van der Waals surface area contributed by atoms with E-state index in [1.807, 2.05) is 13.8 Å². The number of aliphatic hydroxyl groups excluding tert-OH is 10. The fourth-order valence-electron chi connectivity index (χ4n) is 18.0. The normalized spacial score (nSPS) is 35.7. The Morgan fingerprint density at radius 3 is 1.43 bits per heavy atom. The van der Waals surface area contributed by atoms with Gasteiger partial charge in [0.15, 0.2) is 48.8 Å². The molecule has 16 N–H and O–H groups in total. The van der Waals surface area contributed by atoms with E-state index in [1.165, 1.54) is 42.5 Å². The molecule has 4 saturated heterocycles. The van der Waals surface area contributed by atoms with E-state index in [0.717, 1.165) is 64.2 Å². The summed E-state index contributed by atoms with van der Waals surface area (Å²) in [6, 6.07) is -1.37. The highest BCUT2D eigenvalue weighted by atomic mass is 16.7. The van der Waals surface area contributed by atoms with Crippen molar-refractivity contribution in [2.75, 3.05) is 59.3 Å². The lowest BCUT2D eigenvalue weighted by Crippen LogP contribution is -2.67. The molecule has 2 aromatic rings. The second kappa shape index (κ2) is 46.9. The van der Waals surface area contributed by atoms with Crippen molar-refractivity contribution >= 4 is 41.4 Å². The summed E-state index contributed by atoms with van der Waals surface area (Å²) < 4.78 is 77.2. The van der Waals surface area contributed by atoms with Crippen molar-refractivity contribution in [1.82, 2.24) is 51.3 Å². The van der Waals surface area contributed by atoms with Gasteiger partial charge in [0.25, 0.3) is 11.8 Å². The molecule has 4 amide bonds. The molecule has 4 aliphatic heterocycles. The van der Waals surface area contributed by atoms with Crippen LogP contribution in [-0.2, 0) is 93.9 Å². The predicted molar refractivity (Wildman–Crippen MR) is 416 cm³/mol. The van der Waals surface area contributed by atoms with Gasteiger partial charge in [-0.1, -0.05) is 108 Å². The number of amides is 4. The van der Waals surface area contributed by atoms with E-state index < -0.39 is 226 Å². The Kier molecular flexibility index (Phi) is 37.6. The van der Waals surface area contributed by atoms with E-state index in [2.05, 4.69) is 41.9 Å². The molecule has 8 aliphatic rings. The first-order chi connectivity index (χ1) is 58.0. The number of rotatable bonds is 43. The van der Waals surface area contributed by atoms with Crippen LogP contribution >= 0.6 is 0 Å². The number of nitrogens with zero attached hydrogens (tertiary/aromatic N) is 6. The number of carboxylic acids is 2. The van der Waals surface area contributed by atoms with E-state index in [0.29, 0.717) is 12.8 Å². The monoisotopic (exact) mass is 1730 g/mol. The maximum Gasteiger partial charge on any atom is 0.332 e. The highest BCUT2D eigenvalue weighted by molar-refractivity contribution is 5.92. The summed E-state index contributed by atoms with van der Waals surface area (Å²) in [6.07, 6.45) is -18.2. The molecular weight excluding hydrogens is 1600 g/mol. The third-order valence-corrected chi connectivity index (χ3v) is 25.1. The predicted octanol–water partition coefficient (Wildman–Crippen LogP) is -1.49. The second-order valence-corrected chi connectivity index (χ2v) is 33.8. The minimum absolute atomic E-state index is 0.00236. The van der Waals surface area contributed by atoms with Gasteiger partial charge in [0.2, 0.25) is 11.8 Å². The van der Waals surface area contributed by atoms with Gasteiger partial charge in [-0.05, 0) is 82.5 Å². The van der Waals surface area contributed by atoms with E-state index in [-0.39, 0.29) is 145 Å². The number of carbonyl (C=O) groups is 7. The van der Waals surface area contributed by atoms with Gasteiger partial charge in [0, 0.05) is 50.7 Å². The number of aliphatic carboxylic acids is 2. The first kappa shape index (κ1) is 97.1. The lowest BCUT2D eigenvalue weighted by molar-refractivity contribution is -0.343. The van der Waals surface area contributed by atoms with Crippen molar-refractivity contribution in [3.63, 3.8) is 0 Å². The van der Waals surface area contributed by atoms with Crippen LogP contribution in [0.3, 0.4) is 0 Å². The molecular formula is C80H130N10O31. The number of Topliss-reactive ketones (excluding diaryl/α,β-unsaturated/α-hetero) is 1. The van der Waals surface area contributed by atoms with Crippen molar-refractivity contribution in [3.8, 4) is 0 Å². The number of ketones is 1. The number of carboxylic acid groups (broad SMARTS) is 2. The van der Waals surface area contributed by atoms with Crippen molar-refractivity contribution in [3.05, 3.63) is 23.8 Å². The molecule has 0 bridgehead atoms. The van der Waals surface area contributed by atoms with E-state index in [9.17, 15) is 94.8 Å². The largest absolute Gasteiger partial charge is 0.479 e. The van der Waals surface area contributed by atoms with Crippen molar-refractivity contribution < 1.29 is 152 Å². The van der Waals surface area contributed by atoms with Crippen LogP contribution < -0.4 is 21.3 Å². The zero-order valence-electron chi connectivity index (χ0n) is 69.9. The third kappa shape index (κ3) is 26.3. The molecule has 0 radical (unpaired) electrons. The average molecular weight is 1730 g/mol. The number of hydrogen-bond donors (Lipinski definition) is 16. The van der Waals surface area contributed by atoms with Crippen molar-refractivity contribution in [1.29, 1.82) is 0 Å². The quantitative estimate of drug-likeness (QED) is 0.0336. The number of ether oxygens (including phenoxy) is 12. The van der Waals surface area contributed by atoms with Crippen LogP contribution in [0.15, 0.2) is 12.4 Å². The first-order valence-electron chi connectivity index (χ1n) is 43.3. The average Bonchev–Trinajstić information content (AvgIpc) is 1.19. The highest BCUT2D eigenvalue weighted by Gasteiger charge is 2.56. The number of carbonyl (C=O) groups excluding carboxylic acids is 5.